The molecule has 8 heteroatoms. The maximum Gasteiger partial charge on any atom is 0.322 e. The Morgan fingerprint density at radius 2 is 1.74 bits per heavy atom. The summed E-state index contributed by atoms with van der Waals surface area (Å²) in [5.41, 5.74) is 3.77. The lowest BCUT2D eigenvalue weighted by Crippen LogP contribution is -2.45. The molecule has 0 saturated carbocycles. The Morgan fingerprint density at radius 3 is 2.43 bits per heavy atom. The van der Waals surface area contributed by atoms with Gasteiger partial charge in [-0.05, 0) is 42.3 Å². The number of urea groups is 1. The number of nitrogens with one attached hydrogen (secondary N) is 1. The van der Waals surface area contributed by atoms with E-state index in [-0.39, 0.29) is 17.7 Å². The van der Waals surface area contributed by atoms with Gasteiger partial charge in [0.15, 0.2) is 0 Å². The van der Waals surface area contributed by atoms with Gasteiger partial charge in [0, 0.05) is 11.3 Å². The predicted octanol–water partition coefficient (Wildman–Crippen LogP) is 5.58. The Balaban J connectivity index is 1.57. The second-order valence-corrected chi connectivity index (χ2v) is 8.16. The van der Waals surface area contributed by atoms with Gasteiger partial charge < -0.3 is 14.6 Å². The molecule has 1 aliphatic rings. The van der Waals surface area contributed by atoms with Gasteiger partial charge in [-0.2, -0.15) is 4.98 Å². The van der Waals surface area contributed by atoms with Crippen LogP contribution in [0, 0.1) is 5.82 Å². The number of methoxy groups -OCH3 is 1. The topological polar surface area (TPSA) is 80.5 Å². The third-order valence-corrected chi connectivity index (χ3v) is 5.99. The fraction of sp³-hybridized carbons (Fsp3) is 0.148. The maximum atomic E-state index is 13.6. The predicted molar refractivity (Wildman–Crippen MR) is 129 cm³/mol. The molecule has 176 valence electrons. The number of nitrogens with zero attached hydrogens (tertiary/aromatic N) is 3. The molecule has 4 aromatic rings. The van der Waals surface area contributed by atoms with Crippen molar-refractivity contribution < 1.29 is 18.4 Å². The highest BCUT2D eigenvalue weighted by atomic mass is 19.1. The number of amides is 2. The van der Waals surface area contributed by atoms with Gasteiger partial charge >= 0.3 is 6.03 Å². The van der Waals surface area contributed by atoms with Crippen molar-refractivity contribution in [2.24, 2.45) is 0 Å². The van der Waals surface area contributed by atoms with Crippen molar-refractivity contribution >= 4 is 11.6 Å². The molecular weight excluding hydrogens is 447 g/mol. The van der Waals surface area contributed by atoms with Crippen LogP contribution in [0.15, 0.2) is 89.1 Å². The summed E-state index contributed by atoms with van der Waals surface area (Å²) in [6.07, 6.45) is 0. The highest BCUT2D eigenvalue weighted by Gasteiger charge is 2.35. The van der Waals surface area contributed by atoms with Gasteiger partial charge in [0.1, 0.15) is 11.6 Å². The number of hydrogen-bond acceptors (Lipinski definition) is 5. The average Bonchev–Trinajstić information content (AvgIpc) is 3.37. The van der Waals surface area contributed by atoms with E-state index in [0.29, 0.717) is 29.2 Å². The van der Waals surface area contributed by atoms with Gasteiger partial charge in [0.2, 0.25) is 5.82 Å². The summed E-state index contributed by atoms with van der Waals surface area (Å²) in [5, 5.41) is 7.19. The molecule has 1 aromatic heterocycles. The van der Waals surface area contributed by atoms with Crippen molar-refractivity contribution in [3.05, 3.63) is 107 Å². The molecule has 0 spiro atoms. The van der Waals surface area contributed by atoms with Gasteiger partial charge in [-0.25, -0.2) is 9.18 Å². The van der Waals surface area contributed by atoms with E-state index in [0.717, 1.165) is 16.9 Å². The summed E-state index contributed by atoms with van der Waals surface area (Å²) in [4.78, 5) is 19.5. The molecule has 0 aliphatic carbocycles. The molecule has 0 saturated heterocycles. The van der Waals surface area contributed by atoms with Gasteiger partial charge in [-0.1, -0.05) is 59.8 Å². The first kappa shape index (κ1) is 22.3. The van der Waals surface area contributed by atoms with Gasteiger partial charge in [-0.3, -0.25) is 4.90 Å². The molecule has 3 aromatic carbocycles. The van der Waals surface area contributed by atoms with Crippen LogP contribution in [0.3, 0.4) is 0 Å². The second kappa shape index (κ2) is 9.42. The highest BCUT2D eigenvalue weighted by molar-refractivity contribution is 5.86. The number of aromatic nitrogens is 2. The number of benzene rings is 3. The zero-order chi connectivity index (χ0) is 24.4. The Kier molecular flexibility index (Phi) is 6.01. The van der Waals surface area contributed by atoms with Gasteiger partial charge in [-0.15, -0.1) is 0 Å². The van der Waals surface area contributed by atoms with Crippen LogP contribution < -0.4 is 10.1 Å². The highest BCUT2D eigenvalue weighted by Crippen LogP contribution is 2.38. The Bertz CT molecular complexity index is 1370. The summed E-state index contributed by atoms with van der Waals surface area (Å²) in [6.45, 7) is 2.18. The molecule has 1 N–H and O–H groups in total. The summed E-state index contributed by atoms with van der Waals surface area (Å²) >= 11 is 0. The standard InChI is InChI=1S/C27H23FN4O3/c1-17-23(26-30-25(31-35-26)20-6-4-3-5-7-20)24(19-10-12-21(28)13-11-19)29-27(33)32(17)16-18-8-14-22(34-2)15-9-18/h3-15,24H,16H2,1-2H3,(H,29,33). The van der Waals surface area contributed by atoms with E-state index in [2.05, 4.69) is 15.5 Å². The van der Waals surface area contributed by atoms with Crippen LogP contribution in [0.25, 0.3) is 17.0 Å². The first-order valence-electron chi connectivity index (χ1n) is 11.1. The molecule has 1 atom stereocenters. The molecule has 5 rings (SSSR count). The molecule has 1 unspecified atom stereocenters. The second-order valence-electron chi connectivity index (χ2n) is 8.16. The van der Waals surface area contributed by atoms with E-state index in [4.69, 9.17) is 9.26 Å². The van der Waals surface area contributed by atoms with Gasteiger partial charge in [0.25, 0.3) is 5.89 Å². The lowest BCUT2D eigenvalue weighted by molar-refractivity contribution is 0.203. The summed E-state index contributed by atoms with van der Waals surface area (Å²) in [5.74, 6) is 1.11. The van der Waals surface area contributed by atoms with Gasteiger partial charge in [0.05, 0.1) is 25.3 Å². The van der Waals surface area contributed by atoms with Crippen molar-refractivity contribution in [3.63, 3.8) is 0 Å². The van der Waals surface area contributed by atoms with Crippen LogP contribution in [0.4, 0.5) is 9.18 Å². The fourth-order valence-corrected chi connectivity index (χ4v) is 4.10. The summed E-state index contributed by atoms with van der Waals surface area (Å²) < 4.78 is 24.5. The SMILES string of the molecule is COc1ccc(CN2C(=O)NC(c3ccc(F)cc3)C(c3nc(-c4ccccc4)no3)=C2C)cc1. The number of ether oxygens (including phenoxy) is 1. The average molecular weight is 471 g/mol. The first-order chi connectivity index (χ1) is 17.0. The minimum atomic E-state index is -0.584. The molecule has 2 heterocycles. The van der Waals surface area contributed by atoms with E-state index in [1.54, 1.807) is 24.1 Å². The first-order valence-corrected chi connectivity index (χ1v) is 11.1. The van der Waals surface area contributed by atoms with E-state index < -0.39 is 6.04 Å². The number of carbonyl (C=O) groups excluding carboxylic acids is 1. The molecule has 7 nitrogen and oxygen atoms in total. The third kappa shape index (κ3) is 4.50. The lowest BCUT2D eigenvalue weighted by atomic mass is 9.94. The van der Waals surface area contributed by atoms with Crippen molar-refractivity contribution in [1.29, 1.82) is 0 Å². The Morgan fingerprint density at radius 1 is 1.03 bits per heavy atom. The normalized spacial score (nSPS) is 15.8. The van der Waals surface area contributed by atoms with Crippen LogP contribution >= 0.6 is 0 Å². The Hall–Kier alpha value is -4.46. The summed E-state index contributed by atoms with van der Waals surface area (Å²) in [7, 11) is 1.61. The molecular formula is C27H23FN4O3. The minimum Gasteiger partial charge on any atom is -0.497 e. The van der Waals surface area contributed by atoms with Crippen molar-refractivity contribution in [2.75, 3.05) is 7.11 Å². The number of carbonyl (C=O) groups is 1. The van der Waals surface area contributed by atoms with Crippen LogP contribution in [0.1, 0.15) is 30.0 Å². The largest absolute Gasteiger partial charge is 0.497 e. The van der Waals surface area contributed by atoms with E-state index in [1.165, 1.54) is 12.1 Å². The fourth-order valence-electron chi connectivity index (χ4n) is 4.10. The molecule has 0 bridgehead atoms. The van der Waals surface area contributed by atoms with Crippen molar-refractivity contribution in [1.82, 2.24) is 20.4 Å². The van der Waals surface area contributed by atoms with Crippen molar-refractivity contribution in [3.8, 4) is 17.1 Å². The number of allylic oxidation sites excluding steroid dienone is 1. The van der Waals surface area contributed by atoms with Crippen LogP contribution in [-0.2, 0) is 6.54 Å². The zero-order valence-electron chi connectivity index (χ0n) is 19.2. The molecule has 35 heavy (non-hydrogen) atoms. The number of halogens is 1. The number of hydrogen-bond donors (Lipinski definition) is 1. The van der Waals surface area contributed by atoms with E-state index >= 15 is 0 Å². The smallest absolute Gasteiger partial charge is 0.322 e. The van der Waals surface area contributed by atoms with E-state index in [1.807, 2.05) is 61.5 Å². The van der Waals surface area contributed by atoms with Crippen molar-refractivity contribution in [2.45, 2.75) is 19.5 Å². The minimum absolute atomic E-state index is 0.279. The molecule has 1 aliphatic heterocycles. The lowest BCUT2D eigenvalue weighted by Gasteiger charge is -2.35. The molecule has 2 amide bonds. The van der Waals surface area contributed by atoms with Crippen LogP contribution in [0.5, 0.6) is 5.75 Å². The monoisotopic (exact) mass is 470 g/mol. The molecule has 0 fully saturated rings. The third-order valence-electron chi connectivity index (χ3n) is 5.99. The Labute approximate surface area is 201 Å². The summed E-state index contributed by atoms with van der Waals surface area (Å²) in [6, 6.07) is 22.2. The van der Waals surface area contributed by atoms with E-state index in [9.17, 15) is 9.18 Å². The maximum absolute atomic E-state index is 13.6. The zero-order valence-corrected chi connectivity index (χ0v) is 19.2. The quantitative estimate of drug-likeness (QED) is 0.398. The number of rotatable bonds is 6. The van der Waals surface area contributed by atoms with Crippen LogP contribution in [0.2, 0.25) is 0 Å². The molecule has 0 radical (unpaired) electrons. The van der Waals surface area contributed by atoms with Crippen LogP contribution in [-0.4, -0.2) is 28.2 Å².